The molecule has 0 aliphatic heterocycles. The largest absolute Gasteiger partial charge is 0.508 e. The van der Waals surface area contributed by atoms with Gasteiger partial charge in [-0.25, -0.2) is 15.0 Å². The molecule has 22 heteroatoms. The van der Waals surface area contributed by atoms with Gasteiger partial charge in [-0.2, -0.15) is 0 Å². The predicted molar refractivity (Wildman–Crippen MR) is 211 cm³/mol. The Labute approximate surface area is 331 Å². The van der Waals surface area contributed by atoms with Gasteiger partial charge in [-0.3, -0.25) is 24.4 Å². The molecule has 2 atom stereocenters. The number of hydrogen-bond acceptors (Lipinski definition) is 18. The van der Waals surface area contributed by atoms with E-state index in [1.807, 2.05) is 0 Å². The van der Waals surface area contributed by atoms with E-state index in [2.05, 4.69) is 9.78 Å². The van der Waals surface area contributed by atoms with Gasteiger partial charge in [-0.15, -0.1) is 0 Å². The fraction of sp³-hybridized carbons (Fsp3) is 0.222. The Morgan fingerprint density at radius 1 is 0.517 bits per heavy atom. The Kier molecular flexibility index (Phi) is 25.9. The number of phenols is 3. The number of carboxylic acid groups (broad SMARTS) is 4. The number of aromatic hydroxyl groups is 3. The lowest BCUT2D eigenvalue weighted by molar-refractivity contribution is -0.327. The maximum Gasteiger partial charge on any atom is 0.307 e. The van der Waals surface area contributed by atoms with E-state index in [1.54, 1.807) is 36.4 Å². The lowest BCUT2D eigenvalue weighted by atomic mass is 10.1. The number of nitrogens with two attached hydrogens (primary N) is 6. The molecule has 0 aliphatic rings. The molecule has 0 aromatic heterocycles. The molecule has 58 heavy (non-hydrogen) atoms. The Hall–Kier alpha value is -7.08. The number of carboxylic acids is 4. The fourth-order valence-electron chi connectivity index (χ4n) is 3.76. The monoisotopic (exact) mass is 822 g/mol. The van der Waals surface area contributed by atoms with Crippen LogP contribution in [0.1, 0.15) is 36.1 Å². The highest BCUT2D eigenvalue weighted by Crippen LogP contribution is 2.25. The molecule has 0 saturated carbocycles. The SMILES string of the molecule is CC(N)OO.CC(O)OO.Nc1cc(N)cc(CC(=O)O)c1.Nc1cc(O)cc(CC(=O)O)c1.Nc1ccc(CC(=O)O)cc1N.O=C(O)Cc1ccc(O)c(O)c1. The summed E-state index contributed by atoms with van der Waals surface area (Å²) in [4.78, 5) is 47.9. The highest BCUT2D eigenvalue weighted by Gasteiger charge is 2.05. The van der Waals surface area contributed by atoms with Gasteiger partial charge in [0.15, 0.2) is 17.8 Å². The molecule has 22 N–H and O–H groups in total. The molecule has 0 radical (unpaired) electrons. The number of anilines is 5. The number of aliphatic hydroxyl groups is 1. The van der Waals surface area contributed by atoms with Crippen LogP contribution in [0, 0.1) is 0 Å². The van der Waals surface area contributed by atoms with Gasteiger partial charge in [-0.1, -0.05) is 12.1 Å². The summed E-state index contributed by atoms with van der Waals surface area (Å²) in [6.45, 7) is 2.83. The van der Waals surface area contributed by atoms with E-state index < -0.39 is 36.4 Å². The van der Waals surface area contributed by atoms with E-state index in [1.165, 1.54) is 50.2 Å². The minimum absolute atomic E-state index is 0.00810. The number of phenolic OH excluding ortho intramolecular Hbond substituents is 3. The Morgan fingerprint density at radius 2 is 0.879 bits per heavy atom. The third-order valence-electron chi connectivity index (χ3n) is 5.97. The Bertz CT molecular complexity index is 1720. The molecule has 0 amide bonds. The van der Waals surface area contributed by atoms with E-state index in [0.29, 0.717) is 50.7 Å². The predicted octanol–water partition coefficient (Wildman–Crippen LogP) is 1.88. The van der Waals surface area contributed by atoms with Crippen LogP contribution >= 0.6 is 0 Å². The van der Waals surface area contributed by atoms with Crippen LogP contribution in [-0.4, -0.2) is 87.8 Å². The second-order valence-corrected chi connectivity index (χ2v) is 11.5. The van der Waals surface area contributed by atoms with Gasteiger partial charge in [0.1, 0.15) is 12.0 Å². The standard InChI is InChI=1S/2C8H10N2O2.C8H9NO3.C8H8O4.C2H7NO2.C2H6O3/c9-6-1-5(3-8(11)12)2-7(10)4-6;9-6-2-1-5(3-7(6)10)4-8(11)12;9-6-1-5(3-8(11)12)2-7(10)4-6;9-6-2-1-5(3-7(6)10)4-8(11)12;2*1-2(3)5-4/h1-2,4H,3,9-10H2,(H,11,12);1-3H,4,9-10H2,(H,11,12);1-2,4,10H,3,9H2,(H,11,12);1-3,9-10H,4H2,(H,11,12);2,4H,3H2,1H3;2-4H,1H3. The maximum atomic E-state index is 10.3. The Balaban J connectivity index is 0. The van der Waals surface area contributed by atoms with E-state index in [9.17, 15) is 19.2 Å². The van der Waals surface area contributed by atoms with Gasteiger partial charge in [0, 0.05) is 23.1 Å². The highest BCUT2D eigenvalue weighted by atomic mass is 17.1. The minimum atomic E-state index is -1.06. The lowest BCUT2D eigenvalue weighted by Crippen LogP contribution is -2.16. The van der Waals surface area contributed by atoms with Gasteiger partial charge >= 0.3 is 23.9 Å². The van der Waals surface area contributed by atoms with Crippen molar-refractivity contribution in [1.82, 2.24) is 0 Å². The summed E-state index contributed by atoms with van der Waals surface area (Å²) < 4.78 is 0. The molecule has 22 nitrogen and oxygen atoms in total. The van der Waals surface area contributed by atoms with Crippen molar-refractivity contribution in [3.05, 3.63) is 95.1 Å². The molecular weight excluding hydrogens is 772 g/mol. The smallest absolute Gasteiger partial charge is 0.307 e. The molecule has 0 saturated heterocycles. The summed E-state index contributed by atoms with van der Waals surface area (Å²) in [5, 5.41) is 83.4. The van der Waals surface area contributed by atoms with E-state index in [4.69, 9.17) is 85.8 Å². The van der Waals surface area contributed by atoms with Crippen molar-refractivity contribution in [2.75, 3.05) is 28.7 Å². The molecule has 4 aromatic carbocycles. The minimum Gasteiger partial charge on any atom is -0.508 e. The third kappa shape index (κ3) is 28.4. The average molecular weight is 823 g/mol. The van der Waals surface area contributed by atoms with Crippen LogP contribution in [0.2, 0.25) is 0 Å². The van der Waals surface area contributed by atoms with Crippen molar-refractivity contribution in [3.63, 3.8) is 0 Å². The van der Waals surface area contributed by atoms with Crippen molar-refractivity contribution < 1.29 is 80.3 Å². The quantitative estimate of drug-likeness (QED) is 0.0357. The zero-order valence-corrected chi connectivity index (χ0v) is 31.3. The zero-order chi connectivity index (χ0) is 45.1. The molecule has 320 valence electrons. The molecule has 0 heterocycles. The third-order valence-corrected chi connectivity index (χ3v) is 5.97. The number of hydrogen-bond donors (Lipinski definition) is 16. The number of carbonyl (C=O) groups is 4. The van der Waals surface area contributed by atoms with Crippen LogP contribution in [-0.2, 0) is 54.6 Å². The van der Waals surface area contributed by atoms with E-state index in [-0.39, 0.29) is 42.9 Å². The summed E-state index contributed by atoms with van der Waals surface area (Å²) >= 11 is 0. The van der Waals surface area contributed by atoms with Crippen molar-refractivity contribution >= 4 is 52.3 Å². The maximum absolute atomic E-state index is 10.3. The first-order valence-electron chi connectivity index (χ1n) is 16.2. The summed E-state index contributed by atoms with van der Waals surface area (Å²) in [7, 11) is 0. The van der Waals surface area contributed by atoms with Gasteiger partial charge in [0.25, 0.3) is 0 Å². The summed E-state index contributed by atoms with van der Waals surface area (Å²) in [6.07, 6.45) is -1.98. The highest BCUT2D eigenvalue weighted by molar-refractivity contribution is 5.73. The first-order valence-corrected chi connectivity index (χ1v) is 16.2. The van der Waals surface area contributed by atoms with Crippen LogP contribution in [0.4, 0.5) is 28.4 Å². The van der Waals surface area contributed by atoms with Crippen LogP contribution < -0.4 is 34.4 Å². The van der Waals surface area contributed by atoms with E-state index in [0.717, 1.165) is 0 Å². The first kappa shape index (κ1) is 53.0. The molecule has 0 bridgehead atoms. The summed E-state index contributed by atoms with van der Waals surface area (Å²) in [5.41, 5.74) is 36.5. The fourth-order valence-corrected chi connectivity index (χ4v) is 3.76. The second kappa shape index (κ2) is 28.3. The number of aliphatic carboxylic acids is 4. The molecule has 4 rings (SSSR count). The van der Waals surface area contributed by atoms with Gasteiger partial charge in [0.2, 0.25) is 0 Å². The van der Waals surface area contributed by atoms with Crippen molar-refractivity contribution in [2.24, 2.45) is 5.73 Å². The number of aliphatic hydroxyl groups excluding tert-OH is 1. The van der Waals surface area contributed by atoms with Crippen molar-refractivity contribution in [2.45, 2.75) is 52.0 Å². The van der Waals surface area contributed by atoms with Gasteiger partial charge < -0.3 is 75.3 Å². The molecule has 0 fully saturated rings. The topological polar surface area (TPSA) is 445 Å². The van der Waals surface area contributed by atoms with Crippen molar-refractivity contribution in [1.29, 1.82) is 0 Å². The lowest BCUT2D eigenvalue weighted by Gasteiger charge is -2.01. The number of benzene rings is 4. The average Bonchev–Trinajstić information content (AvgIpc) is 3.07. The van der Waals surface area contributed by atoms with Crippen LogP contribution in [0.5, 0.6) is 17.2 Å². The second-order valence-electron chi connectivity index (χ2n) is 11.5. The van der Waals surface area contributed by atoms with Crippen LogP contribution in [0.25, 0.3) is 0 Å². The van der Waals surface area contributed by atoms with Crippen molar-refractivity contribution in [3.8, 4) is 17.2 Å². The Morgan fingerprint density at radius 3 is 1.22 bits per heavy atom. The van der Waals surface area contributed by atoms with Crippen LogP contribution in [0.3, 0.4) is 0 Å². The first-order chi connectivity index (χ1) is 26.9. The normalized spacial score (nSPS) is 10.6. The molecular formula is C36H50N6O16. The number of rotatable bonds is 10. The molecule has 0 spiro atoms. The summed E-state index contributed by atoms with van der Waals surface area (Å²) in [6, 6.07) is 17.8. The van der Waals surface area contributed by atoms with E-state index >= 15 is 0 Å². The molecule has 2 unspecified atom stereocenters. The van der Waals surface area contributed by atoms with Gasteiger partial charge in [-0.05, 0) is 90.7 Å². The summed E-state index contributed by atoms with van der Waals surface area (Å²) in [5.74, 6) is -4.23. The zero-order valence-electron chi connectivity index (χ0n) is 31.3. The molecule has 0 aliphatic carbocycles. The van der Waals surface area contributed by atoms with Crippen LogP contribution in [0.15, 0.2) is 72.8 Å². The van der Waals surface area contributed by atoms with Gasteiger partial charge in [0.05, 0.1) is 37.1 Å². The number of nitrogen functional groups attached to an aromatic ring is 5. The molecule has 4 aromatic rings.